The summed E-state index contributed by atoms with van der Waals surface area (Å²) < 4.78 is 7.25. The van der Waals surface area contributed by atoms with Gasteiger partial charge in [-0.05, 0) is 22.4 Å². The highest BCUT2D eigenvalue weighted by atomic mass is 16.6. The van der Waals surface area contributed by atoms with E-state index in [0.29, 0.717) is 23.7 Å². The number of hydrogen-bond acceptors (Lipinski definition) is 9. The van der Waals surface area contributed by atoms with Crippen molar-refractivity contribution in [2.75, 3.05) is 17.7 Å². The molecule has 0 saturated carbocycles. The van der Waals surface area contributed by atoms with Crippen molar-refractivity contribution in [2.45, 2.75) is 31.1 Å². The van der Waals surface area contributed by atoms with Gasteiger partial charge in [0, 0.05) is 6.54 Å². The van der Waals surface area contributed by atoms with Crippen molar-refractivity contribution in [1.82, 2.24) is 19.5 Å². The SMILES string of the molecule is Nc1ncnc2c1nc(NCc1ccc3ccccc3c1)n2[C@@H]1O[C@H](CO)[C@@H](O)[C@H]1O. The molecule has 1 fully saturated rings. The number of nitrogens with one attached hydrogen (secondary N) is 1. The molecular formula is C21H22N6O4. The molecule has 1 aliphatic rings. The lowest BCUT2D eigenvalue weighted by atomic mass is 10.1. The number of ether oxygens (including phenoxy) is 1. The Balaban J connectivity index is 1.52. The summed E-state index contributed by atoms with van der Waals surface area (Å²) >= 11 is 0. The van der Waals surface area contributed by atoms with Crippen LogP contribution in [0.3, 0.4) is 0 Å². The Morgan fingerprint density at radius 1 is 1.06 bits per heavy atom. The van der Waals surface area contributed by atoms with Gasteiger partial charge in [-0.25, -0.2) is 15.0 Å². The van der Waals surface area contributed by atoms with E-state index in [2.05, 4.69) is 32.4 Å². The van der Waals surface area contributed by atoms with Crippen molar-refractivity contribution < 1.29 is 20.1 Å². The van der Waals surface area contributed by atoms with E-state index in [-0.39, 0.29) is 5.82 Å². The van der Waals surface area contributed by atoms with Crippen LogP contribution in [0.15, 0.2) is 48.8 Å². The van der Waals surface area contributed by atoms with Gasteiger partial charge >= 0.3 is 0 Å². The number of aliphatic hydroxyl groups is 3. The first-order valence-corrected chi connectivity index (χ1v) is 9.89. The van der Waals surface area contributed by atoms with Crippen LogP contribution in [0, 0.1) is 0 Å². The van der Waals surface area contributed by atoms with E-state index in [1.54, 1.807) is 0 Å². The van der Waals surface area contributed by atoms with Gasteiger partial charge in [-0.1, -0.05) is 36.4 Å². The van der Waals surface area contributed by atoms with Crippen LogP contribution in [0.5, 0.6) is 0 Å². The maximum Gasteiger partial charge on any atom is 0.207 e. The fourth-order valence-corrected chi connectivity index (χ4v) is 3.92. The summed E-state index contributed by atoms with van der Waals surface area (Å²) in [6, 6.07) is 14.2. The van der Waals surface area contributed by atoms with Crippen LogP contribution >= 0.6 is 0 Å². The van der Waals surface area contributed by atoms with Gasteiger partial charge in [-0.2, -0.15) is 0 Å². The summed E-state index contributed by atoms with van der Waals surface area (Å²) in [5.41, 5.74) is 7.70. The predicted octanol–water partition coefficient (Wildman–Crippen LogP) is 0.785. The van der Waals surface area contributed by atoms with Gasteiger partial charge in [-0.15, -0.1) is 0 Å². The van der Waals surface area contributed by atoms with E-state index in [0.717, 1.165) is 16.3 Å². The molecule has 10 heteroatoms. The Hall–Kier alpha value is -3.31. The molecule has 1 saturated heterocycles. The number of hydrogen-bond donors (Lipinski definition) is 5. The lowest BCUT2D eigenvalue weighted by Gasteiger charge is -2.19. The Bertz CT molecular complexity index is 1250. The van der Waals surface area contributed by atoms with E-state index < -0.39 is 31.1 Å². The summed E-state index contributed by atoms with van der Waals surface area (Å²) in [5.74, 6) is 0.537. The minimum atomic E-state index is -1.29. The third-order valence-electron chi connectivity index (χ3n) is 5.54. The van der Waals surface area contributed by atoms with Crippen LogP contribution in [0.25, 0.3) is 21.9 Å². The molecule has 0 amide bonds. The van der Waals surface area contributed by atoms with Crippen LogP contribution < -0.4 is 11.1 Å². The van der Waals surface area contributed by atoms with Crippen molar-refractivity contribution in [3.8, 4) is 0 Å². The molecule has 2 aromatic heterocycles. The first-order valence-electron chi connectivity index (χ1n) is 9.89. The highest BCUT2D eigenvalue weighted by Crippen LogP contribution is 2.35. The highest BCUT2D eigenvalue weighted by Gasteiger charge is 2.45. The first kappa shape index (κ1) is 19.6. The second-order valence-corrected chi connectivity index (χ2v) is 7.50. The largest absolute Gasteiger partial charge is 0.394 e. The molecule has 3 heterocycles. The molecule has 2 aromatic carbocycles. The standard InChI is InChI=1S/C21H22N6O4/c22-18-15-19(25-10-24-18)27(20-17(30)16(29)14(9-28)31-20)21(26-15)23-8-11-5-6-12-3-1-2-4-13(12)7-11/h1-7,10,14,16-17,20,28-30H,8-9H2,(H,23,26)(H2,22,24,25)/t14-,16-,17-,20-/m1/s1. The van der Waals surface area contributed by atoms with Crippen LogP contribution in [0.1, 0.15) is 11.8 Å². The number of rotatable bonds is 5. The van der Waals surface area contributed by atoms with Gasteiger partial charge in [-0.3, -0.25) is 4.57 Å². The zero-order chi connectivity index (χ0) is 21.5. The smallest absolute Gasteiger partial charge is 0.207 e. The maximum absolute atomic E-state index is 10.6. The molecule has 0 aliphatic carbocycles. The Labute approximate surface area is 176 Å². The first-order chi connectivity index (χ1) is 15.1. The van der Waals surface area contributed by atoms with Gasteiger partial charge in [0.25, 0.3) is 0 Å². The lowest BCUT2D eigenvalue weighted by Crippen LogP contribution is -2.33. The molecule has 4 aromatic rings. The molecule has 0 spiro atoms. The number of fused-ring (bicyclic) bond motifs is 2. The van der Waals surface area contributed by atoms with Crippen molar-refractivity contribution in [3.05, 3.63) is 54.4 Å². The summed E-state index contributed by atoms with van der Waals surface area (Å²) in [5, 5.41) is 35.7. The maximum atomic E-state index is 10.6. The molecule has 1 aliphatic heterocycles. The molecule has 6 N–H and O–H groups in total. The number of nitrogen functional groups attached to an aromatic ring is 1. The number of nitrogens with zero attached hydrogens (tertiary/aromatic N) is 4. The zero-order valence-corrected chi connectivity index (χ0v) is 16.5. The number of aliphatic hydroxyl groups excluding tert-OH is 3. The average molecular weight is 422 g/mol. The Kier molecular flexibility index (Phi) is 4.91. The fourth-order valence-electron chi connectivity index (χ4n) is 3.92. The average Bonchev–Trinajstić information content (AvgIpc) is 3.30. The van der Waals surface area contributed by atoms with Crippen LogP contribution in [-0.2, 0) is 11.3 Å². The summed E-state index contributed by atoms with van der Waals surface area (Å²) in [6.07, 6.45) is -3.17. The van der Waals surface area contributed by atoms with E-state index in [4.69, 9.17) is 10.5 Å². The number of benzene rings is 2. The molecular weight excluding hydrogens is 400 g/mol. The van der Waals surface area contributed by atoms with E-state index in [1.807, 2.05) is 30.3 Å². The van der Waals surface area contributed by atoms with Gasteiger partial charge in [0.15, 0.2) is 23.2 Å². The van der Waals surface area contributed by atoms with Crippen molar-refractivity contribution in [3.63, 3.8) is 0 Å². The summed E-state index contributed by atoms with van der Waals surface area (Å²) in [6.45, 7) is 0.00855. The predicted molar refractivity (Wildman–Crippen MR) is 114 cm³/mol. The minimum absolute atomic E-state index is 0.184. The Morgan fingerprint density at radius 2 is 1.87 bits per heavy atom. The molecule has 0 radical (unpaired) electrons. The lowest BCUT2D eigenvalue weighted by molar-refractivity contribution is -0.0501. The van der Waals surface area contributed by atoms with E-state index >= 15 is 0 Å². The van der Waals surface area contributed by atoms with Gasteiger partial charge in [0.2, 0.25) is 5.95 Å². The summed E-state index contributed by atoms with van der Waals surface area (Å²) in [4.78, 5) is 12.7. The normalized spacial score (nSPS) is 23.6. The molecule has 4 atom stereocenters. The van der Waals surface area contributed by atoms with Gasteiger partial charge in [0.05, 0.1) is 6.61 Å². The third-order valence-corrected chi connectivity index (χ3v) is 5.54. The fraction of sp³-hybridized carbons (Fsp3) is 0.286. The van der Waals surface area contributed by atoms with Crippen LogP contribution in [-0.4, -0.2) is 59.8 Å². The molecule has 5 rings (SSSR count). The Morgan fingerprint density at radius 3 is 2.65 bits per heavy atom. The third kappa shape index (κ3) is 3.35. The second-order valence-electron chi connectivity index (χ2n) is 7.50. The number of nitrogens with two attached hydrogens (primary N) is 1. The molecule has 160 valence electrons. The number of anilines is 2. The zero-order valence-electron chi connectivity index (χ0n) is 16.5. The molecule has 0 bridgehead atoms. The van der Waals surface area contributed by atoms with Gasteiger partial charge < -0.3 is 31.1 Å². The van der Waals surface area contributed by atoms with E-state index in [9.17, 15) is 15.3 Å². The number of imidazole rings is 1. The van der Waals surface area contributed by atoms with Crippen molar-refractivity contribution in [1.29, 1.82) is 0 Å². The molecule has 10 nitrogen and oxygen atoms in total. The molecule has 0 unspecified atom stereocenters. The van der Waals surface area contributed by atoms with Crippen molar-refractivity contribution in [2.24, 2.45) is 0 Å². The minimum Gasteiger partial charge on any atom is -0.394 e. The van der Waals surface area contributed by atoms with E-state index in [1.165, 1.54) is 10.9 Å². The van der Waals surface area contributed by atoms with Crippen LogP contribution in [0.4, 0.5) is 11.8 Å². The molecule has 31 heavy (non-hydrogen) atoms. The second kappa shape index (κ2) is 7.75. The van der Waals surface area contributed by atoms with Crippen molar-refractivity contribution >= 4 is 33.7 Å². The highest BCUT2D eigenvalue weighted by molar-refractivity contribution is 5.84. The van der Waals surface area contributed by atoms with Crippen LogP contribution in [0.2, 0.25) is 0 Å². The topological polar surface area (TPSA) is 152 Å². The monoisotopic (exact) mass is 422 g/mol. The number of aromatic nitrogens is 4. The summed E-state index contributed by atoms with van der Waals surface area (Å²) in [7, 11) is 0. The quantitative estimate of drug-likeness (QED) is 0.314. The van der Waals surface area contributed by atoms with Gasteiger partial charge in [0.1, 0.15) is 24.6 Å².